The maximum Gasteiger partial charge on any atom is 0.151 e. The lowest BCUT2D eigenvalue weighted by molar-refractivity contribution is 0.112. The van der Waals surface area contributed by atoms with Crippen LogP contribution in [0.25, 0.3) is 10.1 Å². The van der Waals surface area contributed by atoms with Crippen molar-refractivity contribution in [1.82, 2.24) is 0 Å². The van der Waals surface area contributed by atoms with Crippen molar-refractivity contribution in [3.8, 4) is 0 Å². The van der Waals surface area contributed by atoms with E-state index in [9.17, 15) is 4.79 Å². The Kier molecular flexibility index (Phi) is 2.38. The third-order valence-corrected chi connectivity index (χ3v) is 4.33. The minimum absolute atomic E-state index is 0.830. The van der Waals surface area contributed by atoms with E-state index in [0.717, 1.165) is 20.8 Å². The molecular formula is C10H7IOS. The largest absolute Gasteiger partial charge is 0.298 e. The molecule has 0 saturated heterocycles. The number of hydrogen-bond donors (Lipinski definition) is 0. The Hall–Kier alpha value is -0.420. The van der Waals surface area contributed by atoms with Gasteiger partial charge in [-0.2, -0.15) is 0 Å². The summed E-state index contributed by atoms with van der Waals surface area (Å²) in [6.07, 6.45) is 0.948. The number of aldehydes is 1. The first-order valence-corrected chi connectivity index (χ1v) is 5.81. The molecule has 0 unspecified atom stereocenters. The molecule has 1 aromatic carbocycles. The third kappa shape index (κ3) is 1.40. The minimum Gasteiger partial charge on any atom is -0.298 e. The summed E-state index contributed by atoms with van der Waals surface area (Å²) in [6.45, 7) is 2.04. The molecule has 0 saturated carbocycles. The summed E-state index contributed by atoms with van der Waals surface area (Å²) in [5, 5.41) is 3.10. The summed E-state index contributed by atoms with van der Waals surface area (Å²) in [5.41, 5.74) is 2.01. The number of carbonyl (C=O) groups is 1. The summed E-state index contributed by atoms with van der Waals surface area (Å²) in [4.78, 5) is 10.9. The fourth-order valence-corrected chi connectivity index (χ4v) is 2.84. The molecule has 1 heterocycles. The predicted octanol–water partition coefficient (Wildman–Crippen LogP) is 3.63. The van der Waals surface area contributed by atoms with Gasteiger partial charge < -0.3 is 0 Å². The summed E-state index contributed by atoms with van der Waals surface area (Å²) < 4.78 is 2.26. The molecule has 0 amide bonds. The molecule has 0 fully saturated rings. The molecule has 0 aliphatic heterocycles. The standard InChI is InChI=1S/C10H7IOS/c1-6-4-9-7(2-3-13-9)8(5-12)10(6)11/h2-5H,1H3. The molecule has 0 radical (unpaired) electrons. The van der Waals surface area contributed by atoms with E-state index in [1.165, 1.54) is 10.3 Å². The van der Waals surface area contributed by atoms with Crippen molar-refractivity contribution in [3.05, 3.63) is 32.2 Å². The van der Waals surface area contributed by atoms with Gasteiger partial charge in [0.2, 0.25) is 0 Å². The molecular weight excluding hydrogens is 295 g/mol. The van der Waals surface area contributed by atoms with Gasteiger partial charge in [-0.25, -0.2) is 0 Å². The van der Waals surface area contributed by atoms with Crippen molar-refractivity contribution in [1.29, 1.82) is 0 Å². The van der Waals surface area contributed by atoms with Gasteiger partial charge in [-0.1, -0.05) is 0 Å². The van der Waals surface area contributed by atoms with Gasteiger partial charge in [0.05, 0.1) is 0 Å². The molecule has 13 heavy (non-hydrogen) atoms. The number of thiophene rings is 1. The number of carbonyl (C=O) groups excluding carboxylic acids is 1. The summed E-state index contributed by atoms with van der Waals surface area (Å²) >= 11 is 3.90. The molecule has 0 atom stereocenters. The Morgan fingerprint density at radius 2 is 2.31 bits per heavy atom. The lowest BCUT2D eigenvalue weighted by Gasteiger charge is -2.02. The number of benzene rings is 1. The van der Waals surface area contributed by atoms with Crippen molar-refractivity contribution in [3.63, 3.8) is 0 Å². The predicted molar refractivity (Wildman–Crippen MR) is 64.7 cm³/mol. The molecule has 2 aromatic rings. The fraction of sp³-hybridized carbons (Fsp3) is 0.100. The molecule has 0 spiro atoms. The zero-order chi connectivity index (χ0) is 9.42. The van der Waals surface area contributed by atoms with E-state index < -0.39 is 0 Å². The van der Waals surface area contributed by atoms with E-state index >= 15 is 0 Å². The first-order chi connectivity index (χ1) is 6.24. The second-order valence-electron chi connectivity index (χ2n) is 2.87. The van der Waals surface area contributed by atoms with Gasteiger partial charge in [0.15, 0.2) is 6.29 Å². The summed E-state index contributed by atoms with van der Waals surface area (Å²) in [7, 11) is 0. The molecule has 1 nitrogen and oxygen atoms in total. The van der Waals surface area contributed by atoms with Gasteiger partial charge in [-0.15, -0.1) is 11.3 Å². The van der Waals surface area contributed by atoms with Crippen molar-refractivity contribution in [2.45, 2.75) is 6.92 Å². The van der Waals surface area contributed by atoms with E-state index in [0.29, 0.717) is 0 Å². The molecule has 3 heteroatoms. The Morgan fingerprint density at radius 3 is 3.00 bits per heavy atom. The van der Waals surface area contributed by atoms with Crippen LogP contribution in [0, 0.1) is 10.5 Å². The topological polar surface area (TPSA) is 17.1 Å². The van der Waals surface area contributed by atoms with Crippen LogP contribution in [0.3, 0.4) is 0 Å². The van der Waals surface area contributed by atoms with Crippen molar-refractivity contribution >= 4 is 50.3 Å². The molecule has 66 valence electrons. The quantitative estimate of drug-likeness (QED) is 0.581. The number of rotatable bonds is 1. The van der Waals surface area contributed by atoms with Gasteiger partial charge in [-0.05, 0) is 52.6 Å². The van der Waals surface area contributed by atoms with Crippen LogP contribution < -0.4 is 0 Å². The molecule has 0 bridgehead atoms. The SMILES string of the molecule is Cc1cc2sccc2c(C=O)c1I. The van der Waals surface area contributed by atoms with Crippen LogP contribution in [0.1, 0.15) is 15.9 Å². The monoisotopic (exact) mass is 302 g/mol. The van der Waals surface area contributed by atoms with Crippen LogP contribution in [-0.4, -0.2) is 6.29 Å². The van der Waals surface area contributed by atoms with E-state index in [1.54, 1.807) is 11.3 Å². The Labute approximate surface area is 93.9 Å². The highest BCUT2D eigenvalue weighted by molar-refractivity contribution is 14.1. The van der Waals surface area contributed by atoms with Gasteiger partial charge in [0.25, 0.3) is 0 Å². The molecule has 1 aromatic heterocycles. The normalized spacial score (nSPS) is 10.6. The van der Waals surface area contributed by atoms with Crippen molar-refractivity contribution < 1.29 is 4.79 Å². The van der Waals surface area contributed by atoms with Crippen LogP contribution in [0.15, 0.2) is 17.5 Å². The maximum absolute atomic E-state index is 10.9. The maximum atomic E-state index is 10.9. The summed E-state index contributed by atoms with van der Waals surface area (Å²) in [6, 6.07) is 4.14. The molecule has 2 rings (SSSR count). The minimum atomic E-state index is 0.830. The highest BCUT2D eigenvalue weighted by atomic mass is 127. The fourth-order valence-electron chi connectivity index (χ4n) is 1.36. The smallest absolute Gasteiger partial charge is 0.151 e. The van der Waals surface area contributed by atoms with Crippen molar-refractivity contribution in [2.24, 2.45) is 0 Å². The number of halogens is 1. The van der Waals surface area contributed by atoms with Gasteiger partial charge in [0.1, 0.15) is 0 Å². The molecule has 0 aliphatic rings. The van der Waals surface area contributed by atoms with Gasteiger partial charge in [0, 0.05) is 19.2 Å². The highest BCUT2D eigenvalue weighted by Crippen LogP contribution is 2.29. The van der Waals surface area contributed by atoms with Crippen LogP contribution in [-0.2, 0) is 0 Å². The number of aryl methyl sites for hydroxylation is 1. The first-order valence-electron chi connectivity index (χ1n) is 3.85. The molecule has 0 N–H and O–H groups in total. The molecule has 0 aliphatic carbocycles. The average Bonchev–Trinajstić information content (AvgIpc) is 2.54. The third-order valence-electron chi connectivity index (χ3n) is 2.03. The number of fused-ring (bicyclic) bond motifs is 1. The lowest BCUT2D eigenvalue weighted by atomic mass is 10.1. The number of hydrogen-bond acceptors (Lipinski definition) is 2. The zero-order valence-electron chi connectivity index (χ0n) is 7.00. The average molecular weight is 302 g/mol. The van der Waals surface area contributed by atoms with Crippen LogP contribution in [0.4, 0.5) is 0 Å². The van der Waals surface area contributed by atoms with Gasteiger partial charge >= 0.3 is 0 Å². The Morgan fingerprint density at radius 1 is 1.54 bits per heavy atom. The van der Waals surface area contributed by atoms with E-state index in [4.69, 9.17) is 0 Å². The van der Waals surface area contributed by atoms with Crippen LogP contribution in [0.2, 0.25) is 0 Å². The first kappa shape index (κ1) is 9.15. The van der Waals surface area contributed by atoms with E-state index in [2.05, 4.69) is 28.7 Å². The second-order valence-corrected chi connectivity index (χ2v) is 4.90. The second kappa shape index (κ2) is 3.38. The van der Waals surface area contributed by atoms with Crippen LogP contribution in [0.5, 0.6) is 0 Å². The Balaban J connectivity index is 2.95. The van der Waals surface area contributed by atoms with Crippen molar-refractivity contribution in [2.75, 3.05) is 0 Å². The Bertz CT molecular complexity index is 473. The lowest BCUT2D eigenvalue weighted by Crippen LogP contribution is -1.90. The van der Waals surface area contributed by atoms with Gasteiger partial charge in [-0.3, -0.25) is 4.79 Å². The zero-order valence-corrected chi connectivity index (χ0v) is 9.98. The van der Waals surface area contributed by atoms with Crippen LogP contribution >= 0.6 is 33.9 Å². The van der Waals surface area contributed by atoms with E-state index in [-0.39, 0.29) is 0 Å². The van der Waals surface area contributed by atoms with E-state index in [1.807, 2.05) is 18.4 Å². The highest BCUT2D eigenvalue weighted by Gasteiger charge is 2.08. The summed E-state index contributed by atoms with van der Waals surface area (Å²) in [5.74, 6) is 0.